The molecule has 6 nitrogen and oxygen atoms in total. The lowest BCUT2D eigenvalue weighted by atomic mass is 10.0. The zero-order chi connectivity index (χ0) is 15.6. The van der Waals surface area contributed by atoms with Crippen molar-refractivity contribution in [2.24, 2.45) is 0 Å². The molecule has 3 heterocycles. The number of imidazole rings is 1. The molecular formula is C17H25N5O. The third-order valence-electron chi connectivity index (χ3n) is 5.06. The van der Waals surface area contributed by atoms with Crippen LogP contribution in [0.15, 0.2) is 4.52 Å². The second-order valence-electron chi connectivity index (χ2n) is 6.79. The van der Waals surface area contributed by atoms with Crippen molar-refractivity contribution < 1.29 is 4.52 Å². The third-order valence-corrected chi connectivity index (χ3v) is 5.06. The second kappa shape index (κ2) is 6.43. The zero-order valence-electron chi connectivity index (χ0n) is 13.8. The van der Waals surface area contributed by atoms with Crippen LogP contribution in [-0.4, -0.2) is 38.1 Å². The highest BCUT2D eigenvalue weighted by Gasteiger charge is 2.29. The van der Waals surface area contributed by atoms with Crippen molar-refractivity contribution in [3.63, 3.8) is 0 Å². The van der Waals surface area contributed by atoms with Gasteiger partial charge >= 0.3 is 0 Å². The number of H-pyrrole nitrogens is 1. The molecular weight excluding hydrogens is 290 g/mol. The summed E-state index contributed by atoms with van der Waals surface area (Å²) in [4.78, 5) is 15.4. The zero-order valence-corrected chi connectivity index (χ0v) is 13.8. The molecule has 124 valence electrons. The van der Waals surface area contributed by atoms with E-state index in [1.807, 2.05) is 6.92 Å². The molecule has 0 amide bonds. The van der Waals surface area contributed by atoms with Crippen molar-refractivity contribution in [1.29, 1.82) is 0 Å². The molecule has 0 unspecified atom stereocenters. The van der Waals surface area contributed by atoms with Crippen molar-refractivity contribution in [3.05, 3.63) is 28.9 Å². The van der Waals surface area contributed by atoms with E-state index in [9.17, 15) is 0 Å². The SMILES string of the molecule is Cc1noc(CCCN2CCC[C@@H]2c2nc3c([nH]2)CCCC3)n1. The van der Waals surface area contributed by atoms with Gasteiger partial charge in [-0.3, -0.25) is 4.90 Å². The quantitative estimate of drug-likeness (QED) is 0.918. The van der Waals surface area contributed by atoms with Crippen LogP contribution in [-0.2, 0) is 19.3 Å². The molecule has 4 rings (SSSR count). The predicted octanol–water partition coefficient (Wildman–Crippen LogP) is 2.75. The smallest absolute Gasteiger partial charge is 0.226 e. The van der Waals surface area contributed by atoms with Crippen LogP contribution in [0.4, 0.5) is 0 Å². The summed E-state index contributed by atoms with van der Waals surface area (Å²) in [7, 11) is 0. The number of nitrogens with zero attached hydrogens (tertiary/aromatic N) is 4. The minimum atomic E-state index is 0.463. The first kappa shape index (κ1) is 14.9. The minimum absolute atomic E-state index is 0.463. The summed E-state index contributed by atoms with van der Waals surface area (Å²) < 4.78 is 5.20. The van der Waals surface area contributed by atoms with Crippen LogP contribution in [0.2, 0.25) is 0 Å². The summed E-state index contributed by atoms with van der Waals surface area (Å²) >= 11 is 0. The number of nitrogens with one attached hydrogen (secondary N) is 1. The molecule has 2 aromatic rings. The van der Waals surface area contributed by atoms with Crippen molar-refractivity contribution in [2.75, 3.05) is 13.1 Å². The van der Waals surface area contributed by atoms with Crippen LogP contribution in [0.3, 0.4) is 0 Å². The Balaban J connectivity index is 1.37. The number of aromatic nitrogens is 4. The van der Waals surface area contributed by atoms with Crippen LogP contribution in [0.25, 0.3) is 0 Å². The molecule has 23 heavy (non-hydrogen) atoms. The Kier molecular flexibility index (Phi) is 4.16. The Morgan fingerprint density at radius 1 is 1.22 bits per heavy atom. The number of aryl methyl sites for hydroxylation is 4. The topological polar surface area (TPSA) is 70.8 Å². The fourth-order valence-corrected chi connectivity index (χ4v) is 3.91. The Hall–Kier alpha value is -1.69. The van der Waals surface area contributed by atoms with E-state index < -0.39 is 0 Å². The summed E-state index contributed by atoms with van der Waals surface area (Å²) in [5.41, 5.74) is 2.71. The van der Waals surface area contributed by atoms with Crippen molar-refractivity contribution >= 4 is 0 Å². The van der Waals surface area contributed by atoms with Crippen LogP contribution in [0.5, 0.6) is 0 Å². The fourth-order valence-electron chi connectivity index (χ4n) is 3.91. The highest BCUT2D eigenvalue weighted by Crippen LogP contribution is 2.32. The normalized spacial score (nSPS) is 21.7. The third kappa shape index (κ3) is 3.17. The molecule has 1 fully saturated rings. The Bertz CT molecular complexity index is 638. The van der Waals surface area contributed by atoms with Gasteiger partial charge in [-0.05, 0) is 65.0 Å². The van der Waals surface area contributed by atoms with Crippen LogP contribution in [0.1, 0.15) is 67.1 Å². The maximum atomic E-state index is 5.20. The molecule has 2 aromatic heterocycles. The fraction of sp³-hybridized carbons (Fsp3) is 0.706. The van der Waals surface area contributed by atoms with Gasteiger partial charge in [0.05, 0.1) is 11.7 Å². The largest absolute Gasteiger partial charge is 0.344 e. The van der Waals surface area contributed by atoms with Crippen molar-refractivity contribution in [2.45, 2.75) is 64.3 Å². The first-order valence-electron chi connectivity index (χ1n) is 8.90. The van der Waals surface area contributed by atoms with Crippen LogP contribution in [0, 0.1) is 6.92 Å². The van der Waals surface area contributed by atoms with Gasteiger partial charge in [0.1, 0.15) is 5.82 Å². The van der Waals surface area contributed by atoms with Gasteiger partial charge in [-0.2, -0.15) is 4.98 Å². The lowest BCUT2D eigenvalue weighted by molar-refractivity contribution is 0.242. The summed E-state index contributed by atoms with van der Waals surface area (Å²) in [5.74, 6) is 2.68. The molecule has 1 saturated heterocycles. The molecule has 1 atom stereocenters. The molecule has 0 bridgehead atoms. The van der Waals surface area contributed by atoms with Crippen LogP contribution >= 0.6 is 0 Å². The lowest BCUT2D eigenvalue weighted by Crippen LogP contribution is -2.25. The maximum absolute atomic E-state index is 5.20. The maximum Gasteiger partial charge on any atom is 0.226 e. The van der Waals surface area contributed by atoms with E-state index in [1.165, 1.54) is 55.9 Å². The number of hydrogen-bond donors (Lipinski definition) is 1. The molecule has 1 aliphatic heterocycles. The summed E-state index contributed by atoms with van der Waals surface area (Å²) in [6, 6.07) is 0.463. The first-order valence-corrected chi connectivity index (χ1v) is 8.90. The molecule has 0 aromatic carbocycles. The van der Waals surface area contributed by atoms with E-state index >= 15 is 0 Å². The molecule has 1 N–H and O–H groups in total. The standard InChI is InChI=1S/C17H25N5O/c1-12-18-16(23-21-12)9-5-11-22-10-4-8-15(22)17-19-13-6-2-3-7-14(13)20-17/h15H,2-11H2,1H3,(H,19,20)/t15-/m1/s1. The molecule has 0 spiro atoms. The van der Waals surface area contributed by atoms with E-state index in [2.05, 4.69) is 20.0 Å². The van der Waals surface area contributed by atoms with Gasteiger partial charge in [-0.25, -0.2) is 4.98 Å². The molecule has 2 aliphatic rings. The molecule has 0 radical (unpaired) electrons. The number of fused-ring (bicyclic) bond motifs is 1. The van der Waals surface area contributed by atoms with E-state index in [1.54, 1.807) is 0 Å². The average Bonchev–Trinajstić information content (AvgIpc) is 3.26. The van der Waals surface area contributed by atoms with Gasteiger partial charge in [-0.1, -0.05) is 5.16 Å². The van der Waals surface area contributed by atoms with Crippen LogP contribution < -0.4 is 0 Å². The molecule has 6 heteroatoms. The average molecular weight is 315 g/mol. The van der Waals surface area contributed by atoms with Gasteiger partial charge < -0.3 is 9.51 Å². The Morgan fingerprint density at radius 3 is 2.96 bits per heavy atom. The van der Waals surface area contributed by atoms with Gasteiger partial charge in [0.25, 0.3) is 0 Å². The second-order valence-corrected chi connectivity index (χ2v) is 6.79. The predicted molar refractivity (Wildman–Crippen MR) is 86.1 cm³/mol. The van der Waals surface area contributed by atoms with Gasteiger partial charge in [-0.15, -0.1) is 0 Å². The van der Waals surface area contributed by atoms with E-state index in [4.69, 9.17) is 9.51 Å². The van der Waals surface area contributed by atoms with Gasteiger partial charge in [0.2, 0.25) is 5.89 Å². The molecule has 0 saturated carbocycles. The number of aromatic amines is 1. The Labute approximate surface area is 136 Å². The summed E-state index contributed by atoms with van der Waals surface area (Å²) in [6.45, 7) is 4.10. The lowest BCUT2D eigenvalue weighted by Gasteiger charge is -2.22. The molecule has 1 aliphatic carbocycles. The minimum Gasteiger partial charge on any atom is -0.344 e. The highest BCUT2D eigenvalue weighted by molar-refractivity contribution is 5.19. The summed E-state index contributed by atoms with van der Waals surface area (Å²) in [5, 5.41) is 3.85. The first-order chi connectivity index (χ1) is 11.3. The summed E-state index contributed by atoms with van der Waals surface area (Å²) in [6.07, 6.45) is 9.29. The van der Waals surface area contributed by atoms with Crippen molar-refractivity contribution in [3.8, 4) is 0 Å². The van der Waals surface area contributed by atoms with Gasteiger partial charge in [0, 0.05) is 12.1 Å². The van der Waals surface area contributed by atoms with E-state index in [-0.39, 0.29) is 0 Å². The van der Waals surface area contributed by atoms with Gasteiger partial charge in [0.15, 0.2) is 5.82 Å². The number of likely N-dealkylation sites (tertiary alicyclic amines) is 1. The highest BCUT2D eigenvalue weighted by atomic mass is 16.5. The number of hydrogen-bond acceptors (Lipinski definition) is 5. The van der Waals surface area contributed by atoms with E-state index in [0.717, 1.165) is 37.5 Å². The Morgan fingerprint density at radius 2 is 2.13 bits per heavy atom. The number of rotatable bonds is 5. The van der Waals surface area contributed by atoms with Crippen molar-refractivity contribution in [1.82, 2.24) is 25.0 Å². The van der Waals surface area contributed by atoms with E-state index in [0.29, 0.717) is 6.04 Å². The monoisotopic (exact) mass is 315 g/mol.